The molecule has 0 aliphatic rings. The summed E-state index contributed by atoms with van der Waals surface area (Å²) in [4.78, 5) is 24.3. The lowest BCUT2D eigenvalue weighted by molar-refractivity contribution is 0.0957. The summed E-state index contributed by atoms with van der Waals surface area (Å²) < 4.78 is 25.9. The molecule has 124 valence electrons. The first kappa shape index (κ1) is 17.2. The number of aromatic nitrogens is 1. The average molecular weight is 337 g/mol. The molecule has 0 unspecified atom stereocenters. The van der Waals surface area contributed by atoms with Gasteiger partial charge in [0.2, 0.25) is 10.0 Å². The van der Waals surface area contributed by atoms with E-state index < -0.39 is 15.9 Å². The van der Waals surface area contributed by atoms with Crippen LogP contribution < -0.4 is 10.9 Å². The lowest BCUT2D eigenvalue weighted by Crippen LogP contribution is -2.34. The van der Waals surface area contributed by atoms with Crippen LogP contribution in [-0.2, 0) is 17.1 Å². The van der Waals surface area contributed by atoms with E-state index in [2.05, 4.69) is 5.32 Å². The third-order valence-electron chi connectivity index (χ3n) is 3.60. The van der Waals surface area contributed by atoms with Gasteiger partial charge in [0.05, 0.1) is 16.8 Å². The number of nitrogens with one attached hydrogen (secondary N) is 1. The molecule has 0 fully saturated rings. The summed E-state index contributed by atoms with van der Waals surface area (Å²) in [7, 11) is 1.13. The number of carbonyl (C=O) groups is 1. The van der Waals surface area contributed by atoms with Gasteiger partial charge in [-0.25, -0.2) is 12.7 Å². The zero-order valence-electron chi connectivity index (χ0n) is 13.2. The minimum absolute atomic E-state index is 0.0249. The number of para-hydroxylation sites is 1. The van der Waals surface area contributed by atoms with Crippen LogP contribution in [0.2, 0.25) is 0 Å². The van der Waals surface area contributed by atoms with Crippen molar-refractivity contribution in [2.45, 2.75) is 0 Å². The molecular formula is C15H19N3O4S. The largest absolute Gasteiger partial charge is 0.351 e. The van der Waals surface area contributed by atoms with E-state index in [0.29, 0.717) is 10.9 Å². The van der Waals surface area contributed by atoms with Crippen molar-refractivity contribution >= 4 is 26.8 Å². The topological polar surface area (TPSA) is 88.5 Å². The monoisotopic (exact) mass is 337 g/mol. The molecule has 1 heterocycles. The lowest BCUT2D eigenvalue weighted by atomic mass is 10.1. The minimum atomic E-state index is -3.38. The number of amides is 1. The molecule has 2 rings (SSSR count). The summed E-state index contributed by atoms with van der Waals surface area (Å²) in [6.45, 7) is -0.0249. The summed E-state index contributed by atoms with van der Waals surface area (Å²) in [6, 6.07) is 8.33. The molecule has 23 heavy (non-hydrogen) atoms. The standard InChI is InChI=1S/C15H19N3O4S/c1-17(2)23(21,22)9-8-16-15(20)12-10-14(19)18(3)13-7-5-4-6-11(12)13/h4-7,10H,8-9H2,1-3H3,(H,16,20). The van der Waals surface area contributed by atoms with Crippen molar-refractivity contribution in [3.05, 3.63) is 46.2 Å². The van der Waals surface area contributed by atoms with Crippen molar-refractivity contribution in [1.82, 2.24) is 14.2 Å². The van der Waals surface area contributed by atoms with E-state index in [9.17, 15) is 18.0 Å². The second-order valence-electron chi connectivity index (χ2n) is 5.33. The summed E-state index contributed by atoms with van der Waals surface area (Å²) in [5.74, 6) is -0.665. The number of sulfonamides is 1. The fourth-order valence-corrected chi connectivity index (χ4v) is 2.90. The summed E-state index contributed by atoms with van der Waals surface area (Å²) in [6.07, 6.45) is 0. The van der Waals surface area contributed by atoms with Gasteiger partial charge in [-0.2, -0.15) is 0 Å². The Morgan fingerprint density at radius 2 is 1.91 bits per heavy atom. The van der Waals surface area contributed by atoms with E-state index in [4.69, 9.17) is 0 Å². The maximum atomic E-state index is 12.3. The van der Waals surface area contributed by atoms with Crippen LogP contribution in [0.25, 0.3) is 10.9 Å². The molecular weight excluding hydrogens is 318 g/mol. The van der Waals surface area contributed by atoms with Gasteiger partial charge >= 0.3 is 0 Å². The normalized spacial score (nSPS) is 11.8. The van der Waals surface area contributed by atoms with E-state index in [1.807, 2.05) is 0 Å². The molecule has 2 aromatic rings. The molecule has 1 aromatic heterocycles. The van der Waals surface area contributed by atoms with Crippen LogP contribution >= 0.6 is 0 Å². The smallest absolute Gasteiger partial charge is 0.252 e. The van der Waals surface area contributed by atoms with Crippen LogP contribution in [0.3, 0.4) is 0 Å². The molecule has 8 heteroatoms. The zero-order valence-corrected chi connectivity index (χ0v) is 14.1. The number of carbonyl (C=O) groups excluding carboxylic acids is 1. The quantitative estimate of drug-likeness (QED) is 0.842. The minimum Gasteiger partial charge on any atom is -0.351 e. The Hall–Kier alpha value is -2.19. The second kappa shape index (κ2) is 6.51. The summed E-state index contributed by atoms with van der Waals surface area (Å²) >= 11 is 0. The van der Waals surface area contributed by atoms with Crippen molar-refractivity contribution in [3.63, 3.8) is 0 Å². The predicted molar refractivity (Wildman–Crippen MR) is 89.0 cm³/mol. The van der Waals surface area contributed by atoms with Gasteiger partial charge in [-0.05, 0) is 6.07 Å². The van der Waals surface area contributed by atoms with Gasteiger partial charge in [0.25, 0.3) is 11.5 Å². The number of hydrogen-bond donors (Lipinski definition) is 1. The van der Waals surface area contributed by atoms with E-state index >= 15 is 0 Å². The number of rotatable bonds is 5. The Morgan fingerprint density at radius 1 is 1.26 bits per heavy atom. The molecule has 0 radical (unpaired) electrons. The number of aryl methyl sites for hydroxylation is 1. The van der Waals surface area contributed by atoms with Crippen molar-refractivity contribution in [3.8, 4) is 0 Å². The fourth-order valence-electron chi connectivity index (χ4n) is 2.17. The maximum absolute atomic E-state index is 12.3. The lowest BCUT2D eigenvalue weighted by Gasteiger charge is -2.13. The van der Waals surface area contributed by atoms with E-state index in [1.54, 1.807) is 31.3 Å². The number of pyridine rings is 1. The first-order chi connectivity index (χ1) is 10.7. The number of hydrogen-bond acceptors (Lipinski definition) is 4. The Morgan fingerprint density at radius 3 is 2.57 bits per heavy atom. The highest BCUT2D eigenvalue weighted by Crippen LogP contribution is 2.15. The van der Waals surface area contributed by atoms with Gasteiger partial charge < -0.3 is 9.88 Å². The van der Waals surface area contributed by atoms with Gasteiger partial charge in [-0.1, -0.05) is 18.2 Å². The fraction of sp³-hybridized carbons (Fsp3) is 0.333. The Bertz CT molecular complexity index is 901. The van der Waals surface area contributed by atoms with Gasteiger partial charge in [0, 0.05) is 39.1 Å². The van der Waals surface area contributed by atoms with Crippen LogP contribution in [0.5, 0.6) is 0 Å². The second-order valence-corrected chi connectivity index (χ2v) is 7.63. The highest BCUT2D eigenvalue weighted by molar-refractivity contribution is 7.89. The molecule has 0 saturated heterocycles. The third-order valence-corrected chi connectivity index (χ3v) is 5.43. The van der Waals surface area contributed by atoms with Crippen LogP contribution in [0, 0.1) is 0 Å². The van der Waals surface area contributed by atoms with Gasteiger partial charge in [0.15, 0.2) is 0 Å². The van der Waals surface area contributed by atoms with E-state index in [-0.39, 0.29) is 23.4 Å². The summed E-state index contributed by atoms with van der Waals surface area (Å²) in [5.41, 5.74) is 0.590. The SMILES string of the molecule is CN(C)S(=O)(=O)CCNC(=O)c1cc(=O)n(C)c2ccccc12. The number of nitrogens with zero attached hydrogens (tertiary/aromatic N) is 2. The molecule has 1 amide bonds. The molecule has 0 atom stereocenters. The van der Waals surface area contributed by atoms with Gasteiger partial charge in [0.1, 0.15) is 0 Å². The average Bonchev–Trinajstić information content (AvgIpc) is 2.50. The van der Waals surface area contributed by atoms with E-state index in [1.165, 1.54) is 24.7 Å². The first-order valence-electron chi connectivity index (χ1n) is 7.01. The highest BCUT2D eigenvalue weighted by atomic mass is 32.2. The number of benzene rings is 1. The Labute approximate surface area is 134 Å². The molecule has 1 aromatic carbocycles. The molecule has 0 saturated carbocycles. The van der Waals surface area contributed by atoms with Crippen molar-refractivity contribution < 1.29 is 13.2 Å². The molecule has 7 nitrogen and oxygen atoms in total. The van der Waals surface area contributed by atoms with Crippen molar-refractivity contribution in [2.24, 2.45) is 7.05 Å². The van der Waals surface area contributed by atoms with Crippen molar-refractivity contribution in [1.29, 1.82) is 0 Å². The van der Waals surface area contributed by atoms with Crippen molar-refractivity contribution in [2.75, 3.05) is 26.4 Å². The van der Waals surface area contributed by atoms with Crippen LogP contribution in [-0.4, -0.2) is 49.6 Å². The van der Waals surface area contributed by atoms with Crippen LogP contribution in [0.15, 0.2) is 35.1 Å². The molecule has 0 aliphatic carbocycles. The summed E-state index contributed by atoms with van der Waals surface area (Å²) in [5, 5.41) is 3.20. The maximum Gasteiger partial charge on any atom is 0.252 e. The highest BCUT2D eigenvalue weighted by Gasteiger charge is 2.16. The van der Waals surface area contributed by atoms with E-state index in [0.717, 1.165) is 4.31 Å². The zero-order chi connectivity index (χ0) is 17.2. The molecule has 0 bridgehead atoms. The van der Waals surface area contributed by atoms with Gasteiger partial charge in [-0.3, -0.25) is 9.59 Å². The predicted octanol–water partition coefficient (Wildman–Crippen LogP) is 0.160. The Kier molecular flexibility index (Phi) is 4.86. The third kappa shape index (κ3) is 3.59. The molecule has 0 spiro atoms. The molecule has 0 aliphatic heterocycles. The van der Waals surface area contributed by atoms with Crippen LogP contribution in [0.4, 0.5) is 0 Å². The number of fused-ring (bicyclic) bond motifs is 1. The van der Waals surface area contributed by atoms with Crippen LogP contribution in [0.1, 0.15) is 10.4 Å². The first-order valence-corrected chi connectivity index (χ1v) is 8.62. The Balaban J connectivity index is 2.26. The van der Waals surface area contributed by atoms with Gasteiger partial charge in [-0.15, -0.1) is 0 Å². The molecule has 1 N–H and O–H groups in total.